The minimum atomic E-state index is -3.13. The van der Waals surface area contributed by atoms with Crippen LogP contribution in [0.15, 0.2) is 36.5 Å². The maximum atomic E-state index is 11.4. The highest BCUT2D eigenvalue weighted by atomic mass is 31.1. The Morgan fingerprint density at radius 2 is 1.76 bits per heavy atom. The van der Waals surface area contributed by atoms with Gasteiger partial charge in [0, 0.05) is 0 Å². The SMILES string of the molecule is C=CC(=O)NC1(C)C(C(=O)O)=CC=CC1C(=O)O.CCC.O=[PH](O)O. The fraction of sp³-hybridized carbons (Fsp3) is 0.400. The molecule has 1 aliphatic rings. The second-order valence-electron chi connectivity index (χ2n) is 4.97. The van der Waals surface area contributed by atoms with Crippen molar-refractivity contribution in [1.82, 2.24) is 5.32 Å². The summed E-state index contributed by atoms with van der Waals surface area (Å²) in [6, 6.07) is 0. The number of aliphatic carboxylic acids is 2. The van der Waals surface area contributed by atoms with Crippen molar-refractivity contribution in [2.24, 2.45) is 5.92 Å². The smallest absolute Gasteiger partial charge is 0.333 e. The number of hydrogen-bond donors (Lipinski definition) is 5. The summed E-state index contributed by atoms with van der Waals surface area (Å²) in [7, 11) is -3.13. The molecular weight excluding hydrogens is 353 g/mol. The van der Waals surface area contributed by atoms with E-state index in [1.165, 1.54) is 31.6 Å². The van der Waals surface area contributed by atoms with E-state index in [4.69, 9.17) is 24.6 Å². The molecule has 10 heteroatoms. The number of hydrogen-bond acceptors (Lipinski definition) is 4. The normalized spacial score (nSPS) is 20.9. The molecule has 1 amide bonds. The first-order valence-corrected chi connectivity index (χ1v) is 8.49. The molecule has 0 fully saturated rings. The highest BCUT2D eigenvalue weighted by molar-refractivity contribution is 7.30. The molecule has 0 bridgehead atoms. The van der Waals surface area contributed by atoms with Gasteiger partial charge in [0.15, 0.2) is 0 Å². The molecule has 9 nitrogen and oxygen atoms in total. The van der Waals surface area contributed by atoms with E-state index in [0.29, 0.717) is 0 Å². The van der Waals surface area contributed by atoms with Crippen LogP contribution in [0.2, 0.25) is 0 Å². The van der Waals surface area contributed by atoms with Crippen molar-refractivity contribution in [3.63, 3.8) is 0 Å². The molecule has 0 saturated carbocycles. The van der Waals surface area contributed by atoms with Gasteiger partial charge in [-0.1, -0.05) is 39.0 Å². The predicted octanol–water partition coefficient (Wildman–Crippen LogP) is 1.11. The monoisotopic (exact) mass is 377 g/mol. The summed E-state index contributed by atoms with van der Waals surface area (Å²) < 4.78 is 8.74. The van der Waals surface area contributed by atoms with Gasteiger partial charge in [-0.05, 0) is 19.1 Å². The number of nitrogens with one attached hydrogen (secondary N) is 1. The second-order valence-corrected chi connectivity index (χ2v) is 5.54. The third-order valence-corrected chi connectivity index (χ3v) is 2.81. The van der Waals surface area contributed by atoms with Crippen LogP contribution in [0.25, 0.3) is 0 Å². The van der Waals surface area contributed by atoms with E-state index in [-0.39, 0.29) is 5.57 Å². The van der Waals surface area contributed by atoms with Crippen LogP contribution in [0.1, 0.15) is 27.2 Å². The Bertz CT molecular complexity index is 580. The van der Waals surface area contributed by atoms with Crippen molar-refractivity contribution >= 4 is 26.1 Å². The predicted molar refractivity (Wildman–Crippen MR) is 92.1 cm³/mol. The van der Waals surface area contributed by atoms with Crippen molar-refractivity contribution in [3.05, 3.63) is 36.5 Å². The van der Waals surface area contributed by atoms with E-state index in [9.17, 15) is 14.4 Å². The van der Waals surface area contributed by atoms with Gasteiger partial charge in [-0.25, -0.2) is 4.79 Å². The van der Waals surface area contributed by atoms with Gasteiger partial charge in [0.25, 0.3) is 0 Å². The Labute approximate surface area is 146 Å². The topological polar surface area (TPSA) is 161 Å². The number of allylic oxidation sites excluding steroid dienone is 2. The third-order valence-electron chi connectivity index (χ3n) is 2.81. The average Bonchev–Trinajstić information content (AvgIpc) is 2.46. The lowest BCUT2D eigenvalue weighted by Crippen LogP contribution is -2.56. The van der Waals surface area contributed by atoms with Gasteiger partial charge in [0.2, 0.25) is 5.91 Å². The summed E-state index contributed by atoms with van der Waals surface area (Å²) in [6.45, 7) is 8.86. The quantitative estimate of drug-likeness (QED) is 0.359. The van der Waals surface area contributed by atoms with Crippen molar-refractivity contribution in [2.45, 2.75) is 32.7 Å². The Hall–Kier alpha value is -2.22. The Morgan fingerprint density at radius 1 is 1.32 bits per heavy atom. The van der Waals surface area contributed by atoms with Gasteiger partial charge in [0.05, 0.1) is 11.1 Å². The van der Waals surface area contributed by atoms with E-state index in [2.05, 4.69) is 25.7 Å². The first kappa shape index (κ1) is 25.0. The van der Waals surface area contributed by atoms with Gasteiger partial charge < -0.3 is 25.3 Å². The van der Waals surface area contributed by atoms with E-state index < -0.39 is 37.6 Å². The molecule has 0 heterocycles. The first-order chi connectivity index (χ1) is 11.5. The molecule has 0 aromatic heterocycles. The van der Waals surface area contributed by atoms with E-state index in [1.54, 1.807) is 0 Å². The van der Waals surface area contributed by atoms with Crippen LogP contribution >= 0.6 is 8.25 Å². The van der Waals surface area contributed by atoms with E-state index >= 15 is 0 Å². The first-order valence-electron chi connectivity index (χ1n) is 7.19. The number of amides is 1. The van der Waals surface area contributed by atoms with Gasteiger partial charge in [0.1, 0.15) is 5.92 Å². The van der Waals surface area contributed by atoms with Crippen LogP contribution < -0.4 is 5.32 Å². The minimum Gasteiger partial charge on any atom is -0.481 e. The van der Waals surface area contributed by atoms with Gasteiger partial charge in [-0.2, -0.15) is 0 Å². The second kappa shape index (κ2) is 12.2. The minimum absolute atomic E-state index is 0.187. The number of carboxylic acids is 2. The highest BCUT2D eigenvalue weighted by Crippen LogP contribution is 2.31. The summed E-state index contributed by atoms with van der Waals surface area (Å²) in [6.07, 6.45) is 6.16. The maximum absolute atomic E-state index is 11.4. The van der Waals surface area contributed by atoms with Crippen molar-refractivity contribution in [2.75, 3.05) is 0 Å². The highest BCUT2D eigenvalue weighted by Gasteiger charge is 2.45. The largest absolute Gasteiger partial charge is 0.481 e. The third kappa shape index (κ3) is 8.99. The summed E-state index contributed by atoms with van der Waals surface area (Å²) in [5, 5.41) is 20.6. The fourth-order valence-electron chi connectivity index (χ4n) is 1.87. The van der Waals surface area contributed by atoms with Gasteiger partial charge in [-0.3, -0.25) is 14.2 Å². The fourth-order valence-corrected chi connectivity index (χ4v) is 1.87. The van der Waals surface area contributed by atoms with Crippen LogP contribution in [0, 0.1) is 5.92 Å². The molecule has 2 unspecified atom stereocenters. The van der Waals surface area contributed by atoms with Crippen LogP contribution in [0.3, 0.4) is 0 Å². The lowest BCUT2D eigenvalue weighted by molar-refractivity contribution is -0.142. The van der Waals surface area contributed by atoms with Crippen molar-refractivity contribution in [1.29, 1.82) is 0 Å². The Kier molecular flexibility index (Phi) is 12.2. The molecule has 5 N–H and O–H groups in total. The number of carbonyl (C=O) groups is 3. The molecule has 0 aliphatic heterocycles. The molecule has 0 saturated heterocycles. The summed E-state index contributed by atoms with van der Waals surface area (Å²) in [4.78, 5) is 48.0. The Morgan fingerprint density at radius 3 is 2.08 bits per heavy atom. The maximum Gasteiger partial charge on any atom is 0.333 e. The van der Waals surface area contributed by atoms with Gasteiger partial charge >= 0.3 is 20.2 Å². The van der Waals surface area contributed by atoms with E-state index in [0.717, 1.165) is 6.08 Å². The molecule has 0 aromatic rings. The molecule has 1 rings (SSSR count). The van der Waals surface area contributed by atoms with E-state index in [1.807, 2.05) is 0 Å². The van der Waals surface area contributed by atoms with Crippen LogP contribution in [-0.2, 0) is 18.9 Å². The zero-order chi connectivity index (χ0) is 20.2. The molecule has 25 heavy (non-hydrogen) atoms. The summed E-state index contributed by atoms with van der Waals surface area (Å²) in [5.41, 5.74) is -1.70. The van der Waals surface area contributed by atoms with Crippen molar-refractivity contribution < 1.29 is 38.9 Å². The molecular formula is C15H24NO8P. The summed E-state index contributed by atoms with van der Waals surface area (Å²) in [5.74, 6) is -4.29. The molecule has 0 spiro atoms. The summed E-state index contributed by atoms with van der Waals surface area (Å²) >= 11 is 0. The standard InChI is InChI=1S/C12H13NO5.C3H8.H3O3P/c1-3-9(14)13-12(2)7(10(15)16)5-4-6-8(12)11(17)18;1-3-2;1-4(2)3/h3-7H,1H2,2H3,(H,13,14)(H,15,16)(H,17,18);3H2,1-2H3;4H,(H2,1,2,3). The van der Waals surface area contributed by atoms with Crippen molar-refractivity contribution in [3.8, 4) is 0 Å². The van der Waals surface area contributed by atoms with Crippen LogP contribution in [-0.4, -0.2) is 43.4 Å². The molecule has 0 radical (unpaired) electrons. The number of rotatable bonds is 4. The zero-order valence-electron chi connectivity index (χ0n) is 14.2. The van der Waals surface area contributed by atoms with Gasteiger partial charge in [-0.15, -0.1) is 0 Å². The van der Waals surface area contributed by atoms with Crippen LogP contribution in [0.4, 0.5) is 0 Å². The molecule has 0 aromatic carbocycles. The Balaban J connectivity index is 0. The number of carboxylic acid groups (broad SMARTS) is 2. The molecule has 142 valence electrons. The lowest BCUT2D eigenvalue weighted by atomic mass is 9.75. The zero-order valence-corrected chi connectivity index (χ0v) is 15.2. The van der Waals surface area contributed by atoms with Crippen LogP contribution in [0.5, 0.6) is 0 Å². The molecule has 2 atom stereocenters. The average molecular weight is 377 g/mol. The molecule has 1 aliphatic carbocycles. The lowest BCUT2D eigenvalue weighted by Gasteiger charge is -2.36. The number of carbonyl (C=O) groups excluding carboxylic acids is 1.